The van der Waals surface area contributed by atoms with Crippen molar-refractivity contribution in [2.75, 3.05) is 16.4 Å². The van der Waals surface area contributed by atoms with Gasteiger partial charge in [-0.25, -0.2) is 4.79 Å². The predicted octanol–water partition coefficient (Wildman–Crippen LogP) is 3.55. The van der Waals surface area contributed by atoms with Crippen molar-refractivity contribution < 1.29 is 4.79 Å². The zero-order chi connectivity index (χ0) is 14.5. The number of hydrogen-bond donors (Lipinski definition) is 3. The van der Waals surface area contributed by atoms with Crippen LogP contribution >= 0.6 is 15.9 Å². The third kappa shape index (κ3) is 3.49. The molecule has 0 bridgehead atoms. The number of nitrogen functional groups attached to an aromatic ring is 1. The number of halogens is 1. The standard InChI is InChI=1S/C14H11BrN4O/c15-12-7-11(5-6-13(12)17)19-14(20)18-10-3-1-9(8-16)2-4-10/h1-7H,17H2,(H2,18,19,20). The van der Waals surface area contributed by atoms with E-state index >= 15 is 0 Å². The summed E-state index contributed by atoms with van der Waals surface area (Å²) in [5.74, 6) is 0. The van der Waals surface area contributed by atoms with Crippen LogP contribution in [0.4, 0.5) is 21.9 Å². The Hall–Kier alpha value is -2.52. The van der Waals surface area contributed by atoms with Gasteiger partial charge in [0, 0.05) is 21.5 Å². The molecule has 2 aromatic carbocycles. The molecule has 2 aromatic rings. The van der Waals surface area contributed by atoms with Crippen LogP contribution < -0.4 is 16.4 Å². The number of carbonyl (C=O) groups excluding carboxylic acids is 1. The number of urea groups is 1. The average Bonchev–Trinajstić information content (AvgIpc) is 2.44. The highest BCUT2D eigenvalue weighted by Crippen LogP contribution is 2.23. The van der Waals surface area contributed by atoms with Gasteiger partial charge in [-0.1, -0.05) is 0 Å². The molecule has 5 nitrogen and oxygen atoms in total. The molecule has 0 saturated carbocycles. The molecule has 0 heterocycles. The van der Waals surface area contributed by atoms with E-state index in [0.29, 0.717) is 27.1 Å². The molecule has 0 fully saturated rings. The Morgan fingerprint density at radius 1 is 1.10 bits per heavy atom. The summed E-state index contributed by atoms with van der Waals surface area (Å²) in [5.41, 5.74) is 8.04. The molecule has 0 saturated heterocycles. The molecule has 20 heavy (non-hydrogen) atoms. The molecule has 0 radical (unpaired) electrons. The van der Waals surface area contributed by atoms with Crippen molar-refractivity contribution >= 4 is 39.0 Å². The molecule has 0 spiro atoms. The fourth-order valence-electron chi connectivity index (χ4n) is 1.53. The maximum absolute atomic E-state index is 11.8. The Balaban J connectivity index is 2.01. The maximum atomic E-state index is 11.8. The minimum Gasteiger partial charge on any atom is -0.398 e. The fraction of sp³-hybridized carbons (Fsp3) is 0. The predicted molar refractivity (Wildman–Crippen MR) is 82.4 cm³/mol. The summed E-state index contributed by atoms with van der Waals surface area (Å²) in [5, 5.41) is 14.0. The zero-order valence-corrected chi connectivity index (χ0v) is 11.9. The summed E-state index contributed by atoms with van der Waals surface area (Å²) in [4.78, 5) is 11.8. The van der Waals surface area contributed by atoms with Crippen molar-refractivity contribution in [1.29, 1.82) is 5.26 Å². The largest absolute Gasteiger partial charge is 0.398 e. The van der Waals surface area contributed by atoms with Crippen molar-refractivity contribution in [2.24, 2.45) is 0 Å². The second-order valence-corrected chi connectivity index (χ2v) is 4.86. The number of nitrogens with two attached hydrogens (primary N) is 1. The van der Waals surface area contributed by atoms with Crippen LogP contribution in [0.15, 0.2) is 46.9 Å². The van der Waals surface area contributed by atoms with Crippen LogP contribution in [0.3, 0.4) is 0 Å². The number of benzene rings is 2. The second kappa shape index (κ2) is 6.08. The molecule has 0 atom stereocenters. The number of nitrogens with zero attached hydrogens (tertiary/aromatic N) is 1. The van der Waals surface area contributed by atoms with Crippen LogP contribution in [0.2, 0.25) is 0 Å². The van der Waals surface area contributed by atoms with Gasteiger partial charge >= 0.3 is 6.03 Å². The van der Waals surface area contributed by atoms with E-state index in [1.807, 2.05) is 6.07 Å². The Morgan fingerprint density at radius 2 is 1.70 bits per heavy atom. The molecular weight excluding hydrogens is 320 g/mol. The Bertz CT molecular complexity index is 677. The molecule has 100 valence electrons. The molecule has 0 unspecified atom stereocenters. The average molecular weight is 331 g/mol. The molecule has 0 aliphatic carbocycles. The van der Waals surface area contributed by atoms with Crippen molar-refractivity contribution in [1.82, 2.24) is 0 Å². The minimum absolute atomic E-state index is 0.369. The zero-order valence-electron chi connectivity index (χ0n) is 10.4. The lowest BCUT2D eigenvalue weighted by atomic mass is 10.2. The van der Waals surface area contributed by atoms with Gasteiger partial charge in [-0.15, -0.1) is 0 Å². The second-order valence-electron chi connectivity index (χ2n) is 4.00. The number of hydrogen-bond acceptors (Lipinski definition) is 3. The van der Waals surface area contributed by atoms with Crippen LogP contribution in [0.1, 0.15) is 5.56 Å². The first-order valence-electron chi connectivity index (χ1n) is 5.71. The third-order valence-electron chi connectivity index (χ3n) is 2.53. The topological polar surface area (TPSA) is 90.9 Å². The Labute approximate surface area is 124 Å². The highest BCUT2D eigenvalue weighted by Gasteiger charge is 2.04. The van der Waals surface area contributed by atoms with E-state index in [4.69, 9.17) is 11.0 Å². The van der Waals surface area contributed by atoms with Gasteiger partial charge in [0.25, 0.3) is 0 Å². The first kappa shape index (κ1) is 13.9. The van der Waals surface area contributed by atoms with Crippen LogP contribution in [0.25, 0.3) is 0 Å². The number of anilines is 3. The van der Waals surface area contributed by atoms with E-state index < -0.39 is 0 Å². The van der Waals surface area contributed by atoms with E-state index in [2.05, 4.69) is 26.6 Å². The number of nitrogens with one attached hydrogen (secondary N) is 2. The van der Waals surface area contributed by atoms with Crippen LogP contribution in [-0.2, 0) is 0 Å². The molecule has 2 amide bonds. The molecular formula is C14H11BrN4O. The molecule has 2 rings (SSSR count). The fourth-order valence-corrected chi connectivity index (χ4v) is 1.91. The van der Waals surface area contributed by atoms with E-state index in [9.17, 15) is 4.79 Å². The van der Waals surface area contributed by atoms with Gasteiger partial charge < -0.3 is 16.4 Å². The Morgan fingerprint density at radius 3 is 2.30 bits per heavy atom. The SMILES string of the molecule is N#Cc1ccc(NC(=O)Nc2ccc(N)c(Br)c2)cc1. The van der Waals surface area contributed by atoms with Crippen molar-refractivity contribution in [3.8, 4) is 6.07 Å². The number of carbonyl (C=O) groups is 1. The molecule has 6 heteroatoms. The van der Waals surface area contributed by atoms with Gasteiger partial charge in [0.15, 0.2) is 0 Å². The number of nitriles is 1. The van der Waals surface area contributed by atoms with Crippen LogP contribution in [0.5, 0.6) is 0 Å². The van der Waals surface area contributed by atoms with Gasteiger partial charge in [-0.05, 0) is 58.4 Å². The van der Waals surface area contributed by atoms with Crippen LogP contribution in [-0.4, -0.2) is 6.03 Å². The molecule has 0 aliphatic heterocycles. The van der Waals surface area contributed by atoms with Gasteiger partial charge in [-0.3, -0.25) is 0 Å². The highest BCUT2D eigenvalue weighted by atomic mass is 79.9. The van der Waals surface area contributed by atoms with Gasteiger partial charge in [0.1, 0.15) is 0 Å². The molecule has 4 N–H and O–H groups in total. The summed E-state index contributed by atoms with van der Waals surface area (Å²) in [7, 11) is 0. The summed E-state index contributed by atoms with van der Waals surface area (Å²) in [6.45, 7) is 0. The van der Waals surface area contributed by atoms with E-state index in [0.717, 1.165) is 0 Å². The molecule has 0 aromatic heterocycles. The summed E-state index contributed by atoms with van der Waals surface area (Å²) in [6, 6.07) is 13.4. The number of amides is 2. The smallest absolute Gasteiger partial charge is 0.323 e. The third-order valence-corrected chi connectivity index (χ3v) is 3.22. The van der Waals surface area contributed by atoms with E-state index in [1.54, 1.807) is 42.5 Å². The first-order chi connectivity index (χ1) is 9.58. The van der Waals surface area contributed by atoms with Crippen molar-refractivity contribution in [2.45, 2.75) is 0 Å². The summed E-state index contributed by atoms with van der Waals surface area (Å²) < 4.78 is 0.716. The lowest BCUT2D eigenvalue weighted by molar-refractivity contribution is 0.262. The molecule has 0 aliphatic rings. The summed E-state index contributed by atoms with van der Waals surface area (Å²) >= 11 is 3.29. The van der Waals surface area contributed by atoms with Gasteiger partial charge in [-0.2, -0.15) is 5.26 Å². The lowest BCUT2D eigenvalue weighted by Gasteiger charge is -2.08. The first-order valence-corrected chi connectivity index (χ1v) is 6.51. The Kier molecular flexibility index (Phi) is 4.23. The van der Waals surface area contributed by atoms with E-state index in [-0.39, 0.29) is 6.03 Å². The quantitative estimate of drug-likeness (QED) is 0.735. The lowest BCUT2D eigenvalue weighted by Crippen LogP contribution is -2.19. The highest BCUT2D eigenvalue weighted by molar-refractivity contribution is 9.10. The minimum atomic E-state index is -0.369. The van der Waals surface area contributed by atoms with Crippen molar-refractivity contribution in [3.63, 3.8) is 0 Å². The monoisotopic (exact) mass is 330 g/mol. The van der Waals surface area contributed by atoms with E-state index in [1.165, 1.54) is 0 Å². The van der Waals surface area contributed by atoms with Crippen LogP contribution in [0, 0.1) is 11.3 Å². The maximum Gasteiger partial charge on any atom is 0.323 e. The van der Waals surface area contributed by atoms with Crippen molar-refractivity contribution in [3.05, 3.63) is 52.5 Å². The normalized spacial score (nSPS) is 9.60. The van der Waals surface area contributed by atoms with Gasteiger partial charge in [0.05, 0.1) is 11.6 Å². The summed E-state index contributed by atoms with van der Waals surface area (Å²) in [6.07, 6.45) is 0. The number of rotatable bonds is 2. The van der Waals surface area contributed by atoms with Gasteiger partial charge in [0.2, 0.25) is 0 Å².